The summed E-state index contributed by atoms with van der Waals surface area (Å²) in [5.74, 6) is -1.06. The number of aliphatic carboxylic acids is 1. The standard InChI is InChI=1S/C14H18N3O3PS2/c18-13(19)10-5-7-17(9-10)11-1-3-12(4-2-11)23(20,21)16-14-15-6-8-22-14/h1-4,6,8,10,23H,5,7,9,21H2,(H,18,19)(H,15,16,20). The number of rotatable bonds is 5. The maximum absolute atomic E-state index is 12.8. The van der Waals surface area contributed by atoms with Gasteiger partial charge in [-0.15, -0.1) is 11.3 Å². The summed E-state index contributed by atoms with van der Waals surface area (Å²) in [5.41, 5.74) is 0.955. The Labute approximate surface area is 141 Å². The smallest absolute Gasteiger partial charge is 0.308 e. The van der Waals surface area contributed by atoms with Crippen LogP contribution in [0.2, 0.25) is 0 Å². The molecular formula is C14H18N3O3PS2. The maximum Gasteiger partial charge on any atom is 0.308 e. The fraction of sp³-hybridized carbons (Fsp3) is 0.286. The summed E-state index contributed by atoms with van der Waals surface area (Å²) in [6.45, 7) is 1.25. The minimum Gasteiger partial charge on any atom is -0.481 e. The average molecular weight is 371 g/mol. The molecule has 1 fully saturated rings. The van der Waals surface area contributed by atoms with Crippen molar-refractivity contribution in [3.05, 3.63) is 35.8 Å². The van der Waals surface area contributed by atoms with E-state index in [1.807, 2.05) is 34.5 Å². The largest absolute Gasteiger partial charge is 0.481 e. The molecule has 2 heterocycles. The highest BCUT2D eigenvalue weighted by atomic mass is 32.8. The second-order valence-electron chi connectivity index (χ2n) is 5.39. The van der Waals surface area contributed by atoms with Gasteiger partial charge in [-0.1, -0.05) is 0 Å². The lowest BCUT2D eigenvalue weighted by Gasteiger charge is -2.22. The zero-order chi connectivity index (χ0) is 16.4. The van der Waals surface area contributed by atoms with Gasteiger partial charge in [0.2, 0.25) is 0 Å². The molecule has 2 atom stereocenters. The Bertz CT molecular complexity index is 736. The summed E-state index contributed by atoms with van der Waals surface area (Å²) >= 11 is 1.40. The van der Waals surface area contributed by atoms with Gasteiger partial charge in [0.05, 0.1) is 5.92 Å². The van der Waals surface area contributed by atoms with Crippen molar-refractivity contribution in [1.82, 2.24) is 4.98 Å². The summed E-state index contributed by atoms with van der Waals surface area (Å²) in [6.07, 6.45) is 2.32. The monoisotopic (exact) mass is 371 g/mol. The number of hydrogen-bond acceptors (Lipinski definition) is 5. The molecule has 124 valence electrons. The van der Waals surface area contributed by atoms with Gasteiger partial charge in [-0.2, -0.15) is 0 Å². The normalized spacial score (nSPS) is 18.8. The van der Waals surface area contributed by atoms with Crippen LogP contribution in [0.25, 0.3) is 0 Å². The van der Waals surface area contributed by atoms with Gasteiger partial charge in [0.25, 0.3) is 0 Å². The number of carboxylic acid groups (broad SMARTS) is 1. The number of nitrogens with zero attached hydrogens (tertiary/aromatic N) is 2. The van der Waals surface area contributed by atoms with Gasteiger partial charge in [-0.05, 0) is 48.9 Å². The van der Waals surface area contributed by atoms with Gasteiger partial charge in [-0.3, -0.25) is 13.7 Å². The number of benzene rings is 1. The maximum atomic E-state index is 12.8. The van der Waals surface area contributed by atoms with Crippen LogP contribution in [-0.4, -0.2) is 33.4 Å². The lowest BCUT2D eigenvalue weighted by molar-refractivity contribution is -0.140. The third-order valence-corrected chi connectivity index (χ3v) is 7.56. The predicted molar refractivity (Wildman–Crippen MR) is 97.6 cm³/mol. The molecule has 0 saturated carbocycles. The van der Waals surface area contributed by atoms with Crippen LogP contribution < -0.4 is 9.62 Å². The minimum atomic E-state index is -2.81. The van der Waals surface area contributed by atoms with Crippen molar-refractivity contribution >= 4 is 46.3 Å². The minimum absolute atomic E-state index is 0.311. The predicted octanol–water partition coefficient (Wildman–Crippen LogP) is 2.25. The first-order valence-corrected chi connectivity index (χ1v) is 11.3. The Morgan fingerprint density at radius 2 is 2.17 bits per heavy atom. The molecule has 23 heavy (non-hydrogen) atoms. The van der Waals surface area contributed by atoms with E-state index in [0.29, 0.717) is 23.0 Å². The van der Waals surface area contributed by atoms with Crippen LogP contribution >= 0.6 is 19.8 Å². The van der Waals surface area contributed by atoms with Gasteiger partial charge in [0, 0.05) is 35.2 Å². The molecule has 3 rings (SSSR count). The zero-order valence-corrected chi connectivity index (χ0v) is 15.1. The summed E-state index contributed by atoms with van der Waals surface area (Å²) in [7, 11) is -0.425. The fourth-order valence-corrected chi connectivity index (χ4v) is 5.78. The molecule has 0 bridgehead atoms. The summed E-state index contributed by atoms with van der Waals surface area (Å²) < 4.78 is 15.7. The lowest BCUT2D eigenvalue weighted by atomic mass is 10.1. The Morgan fingerprint density at radius 1 is 1.43 bits per heavy atom. The van der Waals surface area contributed by atoms with E-state index in [9.17, 15) is 9.00 Å². The Balaban J connectivity index is 1.72. The van der Waals surface area contributed by atoms with Crippen LogP contribution in [0.5, 0.6) is 0 Å². The molecule has 0 spiro atoms. The number of hydrogen-bond donors (Lipinski definition) is 3. The number of carboxylic acids is 1. The van der Waals surface area contributed by atoms with E-state index in [0.717, 1.165) is 12.2 Å². The quantitative estimate of drug-likeness (QED) is 0.555. The highest BCUT2D eigenvalue weighted by Crippen LogP contribution is 2.31. The molecule has 1 aliphatic heterocycles. The Kier molecular flexibility index (Phi) is 4.66. The van der Waals surface area contributed by atoms with Gasteiger partial charge in [0.15, 0.2) is 5.13 Å². The number of thiol groups is 1. The van der Waals surface area contributed by atoms with Gasteiger partial charge < -0.3 is 10.0 Å². The fourth-order valence-electron chi connectivity index (χ4n) is 2.57. The first kappa shape index (κ1) is 16.4. The van der Waals surface area contributed by atoms with Crippen LogP contribution in [0.15, 0.2) is 40.7 Å². The van der Waals surface area contributed by atoms with Crippen LogP contribution in [0.4, 0.5) is 10.8 Å². The molecule has 1 aromatic heterocycles. The second-order valence-corrected chi connectivity index (χ2v) is 10.5. The molecule has 2 aromatic rings. The zero-order valence-electron chi connectivity index (χ0n) is 12.3. The van der Waals surface area contributed by atoms with E-state index in [1.165, 1.54) is 11.3 Å². The summed E-state index contributed by atoms with van der Waals surface area (Å²) in [4.78, 5) is 17.9. The first-order valence-electron chi connectivity index (χ1n) is 7.10. The van der Waals surface area contributed by atoms with Crippen molar-refractivity contribution in [1.29, 1.82) is 0 Å². The van der Waals surface area contributed by atoms with E-state index in [-0.39, 0.29) is 5.92 Å². The van der Waals surface area contributed by atoms with Crippen molar-refractivity contribution in [2.45, 2.75) is 11.3 Å². The molecule has 1 aliphatic rings. The molecule has 9 heteroatoms. The highest BCUT2D eigenvalue weighted by Gasteiger charge is 2.28. The number of nitrogens with one attached hydrogen (secondary N) is 1. The first-order chi connectivity index (χ1) is 11.0. The van der Waals surface area contributed by atoms with Crippen LogP contribution in [0, 0.1) is 5.92 Å². The van der Waals surface area contributed by atoms with E-state index in [1.54, 1.807) is 6.20 Å². The lowest BCUT2D eigenvalue weighted by Crippen LogP contribution is -2.22. The number of carbonyl (C=O) groups is 1. The molecule has 2 unspecified atom stereocenters. The van der Waals surface area contributed by atoms with Crippen molar-refractivity contribution < 1.29 is 14.1 Å². The Hall–Kier alpha value is -1.50. The molecule has 0 radical (unpaired) electrons. The molecule has 2 N–H and O–H groups in total. The van der Waals surface area contributed by atoms with Crippen molar-refractivity contribution in [2.75, 3.05) is 22.7 Å². The summed E-state index contributed by atoms with van der Waals surface area (Å²) in [6, 6.07) is 7.41. The van der Waals surface area contributed by atoms with Gasteiger partial charge in [-0.25, -0.2) is 4.98 Å². The van der Waals surface area contributed by atoms with Crippen LogP contribution in [0.1, 0.15) is 6.42 Å². The Morgan fingerprint density at radius 3 is 2.74 bits per heavy atom. The third kappa shape index (κ3) is 3.71. The summed E-state index contributed by atoms with van der Waals surface area (Å²) in [5, 5.41) is 11.5. The molecule has 0 aliphatic carbocycles. The van der Waals surface area contributed by atoms with E-state index in [4.69, 9.17) is 5.11 Å². The van der Waals surface area contributed by atoms with Crippen molar-refractivity contribution in [3.8, 4) is 0 Å². The SMILES string of the molecule is O=C(O)C1CCN(c2ccc([SH](=O)(P)Nc3nccs3)cc2)C1. The van der Waals surface area contributed by atoms with Crippen LogP contribution in [0.3, 0.4) is 0 Å². The van der Waals surface area contributed by atoms with Gasteiger partial charge in [0.1, 0.15) is 0 Å². The molecule has 1 saturated heterocycles. The molecule has 6 nitrogen and oxygen atoms in total. The number of aromatic nitrogens is 1. The van der Waals surface area contributed by atoms with Crippen LogP contribution in [-0.2, 0) is 14.5 Å². The van der Waals surface area contributed by atoms with E-state index >= 15 is 0 Å². The second kappa shape index (κ2) is 6.55. The topological polar surface area (TPSA) is 82.5 Å². The molecule has 0 amide bonds. The third-order valence-electron chi connectivity index (χ3n) is 3.83. The highest BCUT2D eigenvalue weighted by molar-refractivity contribution is 8.46. The molecule has 1 aromatic carbocycles. The van der Waals surface area contributed by atoms with Gasteiger partial charge >= 0.3 is 5.97 Å². The molecular weight excluding hydrogens is 353 g/mol. The number of anilines is 2. The van der Waals surface area contributed by atoms with E-state index < -0.39 is 15.7 Å². The average Bonchev–Trinajstić information content (AvgIpc) is 3.18. The van der Waals surface area contributed by atoms with Crippen molar-refractivity contribution in [2.24, 2.45) is 5.92 Å². The van der Waals surface area contributed by atoms with Crippen molar-refractivity contribution in [3.63, 3.8) is 0 Å². The van der Waals surface area contributed by atoms with E-state index in [2.05, 4.69) is 18.1 Å². The number of thiazole rings is 1.